The lowest BCUT2D eigenvalue weighted by atomic mass is 9.46. The molecule has 136 valence electrons. The standard InChI is InChI=1S/C20H34N2O2/c1-18(2)16-15(7-6-14-24-16)20(18,21)17(23)22-12-10-19(11-13-22)8-4-3-5-9-19/h15-16H,3-14,21H2,1-2H3. The van der Waals surface area contributed by atoms with Crippen LogP contribution in [0.4, 0.5) is 0 Å². The number of fused-ring (bicyclic) bond motifs is 1. The topological polar surface area (TPSA) is 55.6 Å². The van der Waals surface area contributed by atoms with Crippen LogP contribution in [0.3, 0.4) is 0 Å². The number of amides is 1. The van der Waals surface area contributed by atoms with Crippen LogP contribution in [-0.2, 0) is 9.53 Å². The normalized spacial score (nSPS) is 40.7. The molecule has 0 aromatic heterocycles. The summed E-state index contributed by atoms with van der Waals surface area (Å²) in [5.41, 5.74) is 6.36. The maximum atomic E-state index is 13.4. The molecular formula is C20H34N2O2. The number of carbonyl (C=O) groups excluding carboxylic acids is 1. The van der Waals surface area contributed by atoms with Crippen molar-refractivity contribution in [2.75, 3.05) is 19.7 Å². The second kappa shape index (κ2) is 5.70. The smallest absolute Gasteiger partial charge is 0.243 e. The lowest BCUT2D eigenvalue weighted by Crippen LogP contribution is -2.82. The Bertz CT molecular complexity index is 502. The van der Waals surface area contributed by atoms with Gasteiger partial charge >= 0.3 is 0 Å². The number of hydrogen-bond donors (Lipinski definition) is 1. The Balaban J connectivity index is 1.46. The van der Waals surface area contributed by atoms with E-state index in [1.807, 2.05) is 0 Å². The van der Waals surface area contributed by atoms with Gasteiger partial charge in [0.15, 0.2) is 0 Å². The average molecular weight is 335 g/mol. The Labute approximate surface area is 146 Å². The monoisotopic (exact) mass is 334 g/mol. The molecule has 1 amide bonds. The largest absolute Gasteiger partial charge is 0.377 e. The second-order valence-electron chi connectivity index (χ2n) is 9.48. The van der Waals surface area contributed by atoms with Crippen LogP contribution in [0.15, 0.2) is 0 Å². The fourth-order valence-corrected chi connectivity index (χ4v) is 6.26. The summed E-state index contributed by atoms with van der Waals surface area (Å²) < 4.78 is 5.96. The van der Waals surface area contributed by atoms with Crippen molar-refractivity contribution in [3.63, 3.8) is 0 Å². The Morgan fingerprint density at radius 2 is 1.71 bits per heavy atom. The van der Waals surface area contributed by atoms with Gasteiger partial charge in [0.1, 0.15) is 5.54 Å². The van der Waals surface area contributed by atoms with E-state index in [2.05, 4.69) is 18.7 Å². The second-order valence-corrected chi connectivity index (χ2v) is 9.48. The van der Waals surface area contributed by atoms with E-state index in [9.17, 15) is 4.79 Å². The fourth-order valence-electron chi connectivity index (χ4n) is 6.26. The van der Waals surface area contributed by atoms with Gasteiger partial charge in [-0.2, -0.15) is 0 Å². The molecule has 0 radical (unpaired) electrons. The van der Waals surface area contributed by atoms with E-state index < -0.39 is 5.54 Å². The summed E-state index contributed by atoms with van der Waals surface area (Å²) in [6.07, 6.45) is 11.5. The summed E-state index contributed by atoms with van der Waals surface area (Å²) in [5, 5.41) is 0. The summed E-state index contributed by atoms with van der Waals surface area (Å²) in [5.74, 6) is 0.407. The van der Waals surface area contributed by atoms with Gasteiger partial charge in [0, 0.05) is 31.0 Å². The van der Waals surface area contributed by atoms with Gasteiger partial charge in [-0.15, -0.1) is 0 Å². The fraction of sp³-hybridized carbons (Fsp3) is 0.950. The average Bonchev–Trinajstić information content (AvgIpc) is 2.62. The molecular weight excluding hydrogens is 300 g/mol. The highest BCUT2D eigenvalue weighted by Crippen LogP contribution is 2.58. The van der Waals surface area contributed by atoms with Crippen LogP contribution >= 0.6 is 0 Å². The van der Waals surface area contributed by atoms with Gasteiger partial charge in [-0.1, -0.05) is 33.1 Å². The molecule has 4 aliphatic rings. The highest BCUT2D eigenvalue weighted by molar-refractivity contribution is 5.89. The van der Waals surface area contributed by atoms with Crippen LogP contribution < -0.4 is 5.73 Å². The van der Waals surface area contributed by atoms with Crippen LogP contribution in [-0.4, -0.2) is 42.1 Å². The van der Waals surface area contributed by atoms with Crippen LogP contribution in [0.2, 0.25) is 0 Å². The lowest BCUT2D eigenvalue weighted by molar-refractivity contribution is -0.231. The van der Waals surface area contributed by atoms with E-state index in [1.165, 1.54) is 44.9 Å². The predicted molar refractivity (Wildman–Crippen MR) is 94.5 cm³/mol. The molecule has 4 nitrogen and oxygen atoms in total. The highest BCUT2D eigenvalue weighted by atomic mass is 16.5. The van der Waals surface area contributed by atoms with Gasteiger partial charge in [-0.05, 0) is 43.9 Å². The lowest BCUT2D eigenvalue weighted by Gasteiger charge is -2.66. The molecule has 2 aliphatic heterocycles. The minimum Gasteiger partial charge on any atom is -0.377 e. The quantitative estimate of drug-likeness (QED) is 0.802. The molecule has 2 N–H and O–H groups in total. The van der Waals surface area contributed by atoms with E-state index in [-0.39, 0.29) is 23.3 Å². The summed E-state index contributed by atoms with van der Waals surface area (Å²) >= 11 is 0. The molecule has 2 aliphatic carbocycles. The number of nitrogens with zero attached hydrogens (tertiary/aromatic N) is 1. The number of carbonyl (C=O) groups is 1. The molecule has 0 aromatic rings. The van der Waals surface area contributed by atoms with Crippen LogP contribution in [0.1, 0.15) is 71.6 Å². The van der Waals surface area contributed by atoms with E-state index in [1.54, 1.807) is 0 Å². The van der Waals surface area contributed by atoms with Gasteiger partial charge in [-0.3, -0.25) is 4.79 Å². The Kier molecular flexibility index (Phi) is 4.00. The van der Waals surface area contributed by atoms with E-state index in [0.717, 1.165) is 32.5 Å². The summed E-state index contributed by atoms with van der Waals surface area (Å²) in [6, 6.07) is 0. The minimum atomic E-state index is -0.727. The first-order chi connectivity index (χ1) is 11.4. The summed E-state index contributed by atoms with van der Waals surface area (Å²) in [4.78, 5) is 15.5. The van der Waals surface area contributed by atoms with E-state index in [0.29, 0.717) is 5.41 Å². The van der Waals surface area contributed by atoms with Crippen molar-refractivity contribution < 1.29 is 9.53 Å². The molecule has 3 unspecified atom stereocenters. The zero-order chi connectivity index (χ0) is 17.0. The highest BCUT2D eigenvalue weighted by Gasteiger charge is 2.71. The van der Waals surface area contributed by atoms with Crippen LogP contribution in [0, 0.1) is 16.7 Å². The molecule has 2 heterocycles. The summed E-state index contributed by atoms with van der Waals surface area (Å²) in [7, 11) is 0. The number of piperidine rings is 1. The van der Waals surface area contributed by atoms with Gasteiger partial charge in [0.25, 0.3) is 0 Å². The van der Waals surface area contributed by atoms with Gasteiger partial charge in [0.05, 0.1) is 6.10 Å². The van der Waals surface area contributed by atoms with Crippen molar-refractivity contribution in [3.05, 3.63) is 0 Å². The predicted octanol–water partition coefficient (Wildman–Crippen LogP) is 3.09. The van der Waals surface area contributed by atoms with Crippen LogP contribution in [0.5, 0.6) is 0 Å². The van der Waals surface area contributed by atoms with Crippen molar-refractivity contribution in [1.29, 1.82) is 0 Å². The minimum absolute atomic E-state index is 0.162. The maximum absolute atomic E-state index is 13.4. The third-order valence-electron chi connectivity index (χ3n) is 8.06. The van der Waals surface area contributed by atoms with Crippen molar-refractivity contribution >= 4 is 5.91 Å². The van der Waals surface area contributed by atoms with Gasteiger partial charge in [-0.25, -0.2) is 0 Å². The van der Waals surface area contributed by atoms with E-state index >= 15 is 0 Å². The number of likely N-dealkylation sites (tertiary alicyclic amines) is 1. The maximum Gasteiger partial charge on any atom is 0.243 e. The first kappa shape index (κ1) is 16.8. The molecule has 0 bridgehead atoms. The Morgan fingerprint density at radius 1 is 1.04 bits per heavy atom. The number of ether oxygens (including phenoxy) is 1. The Hall–Kier alpha value is -0.610. The third-order valence-corrected chi connectivity index (χ3v) is 8.06. The third kappa shape index (κ3) is 2.21. The van der Waals surface area contributed by atoms with Crippen LogP contribution in [0.25, 0.3) is 0 Å². The van der Waals surface area contributed by atoms with Crippen molar-refractivity contribution in [2.24, 2.45) is 22.5 Å². The molecule has 4 fully saturated rings. The molecule has 4 heteroatoms. The van der Waals surface area contributed by atoms with Gasteiger partial charge < -0.3 is 15.4 Å². The van der Waals surface area contributed by atoms with Crippen molar-refractivity contribution in [2.45, 2.75) is 83.3 Å². The molecule has 4 rings (SSSR count). The first-order valence-electron chi connectivity index (χ1n) is 10.1. The SMILES string of the molecule is CC1(C)C2OCCCC2C1(N)C(=O)N1CCC2(CCCCC2)CC1. The number of nitrogens with two attached hydrogens (primary N) is 1. The number of hydrogen-bond acceptors (Lipinski definition) is 3. The number of rotatable bonds is 1. The molecule has 2 saturated carbocycles. The van der Waals surface area contributed by atoms with Crippen molar-refractivity contribution in [1.82, 2.24) is 4.90 Å². The van der Waals surface area contributed by atoms with Gasteiger partial charge in [0.2, 0.25) is 5.91 Å². The molecule has 1 spiro atoms. The zero-order valence-electron chi connectivity index (χ0n) is 15.5. The van der Waals surface area contributed by atoms with E-state index in [4.69, 9.17) is 10.5 Å². The van der Waals surface area contributed by atoms with Crippen molar-refractivity contribution in [3.8, 4) is 0 Å². The molecule has 3 atom stereocenters. The summed E-state index contributed by atoms with van der Waals surface area (Å²) in [6.45, 7) is 6.90. The molecule has 2 saturated heterocycles. The first-order valence-corrected chi connectivity index (χ1v) is 10.1. The molecule has 24 heavy (non-hydrogen) atoms. The molecule has 0 aromatic carbocycles. The zero-order valence-corrected chi connectivity index (χ0v) is 15.5. The Morgan fingerprint density at radius 3 is 2.38 bits per heavy atom.